The van der Waals surface area contributed by atoms with Crippen LogP contribution in [0.15, 0.2) is 36.4 Å². The van der Waals surface area contributed by atoms with Gasteiger partial charge in [-0.2, -0.15) is 0 Å². The minimum absolute atomic E-state index is 0.199. The Balaban J connectivity index is 2.77. The summed E-state index contributed by atoms with van der Waals surface area (Å²) in [5.41, 5.74) is 3.31. The first-order valence-corrected chi connectivity index (χ1v) is 5.19. The summed E-state index contributed by atoms with van der Waals surface area (Å²) < 4.78 is 0. The predicted octanol–water partition coefficient (Wildman–Crippen LogP) is 3.38. The number of hydrogen-bond donors (Lipinski definition) is 2. The lowest BCUT2D eigenvalue weighted by Crippen LogP contribution is -1.88. The van der Waals surface area contributed by atoms with Gasteiger partial charge in [-0.25, -0.2) is 0 Å². The fourth-order valence-electron chi connectivity index (χ4n) is 1.96. The highest BCUT2D eigenvalue weighted by molar-refractivity contribution is 5.80. The third kappa shape index (κ3) is 1.63. The fourth-order valence-corrected chi connectivity index (χ4v) is 1.96. The Morgan fingerprint density at radius 2 is 1.06 bits per heavy atom. The average molecular weight is 214 g/mol. The molecule has 2 N–H and O–H groups in total. The highest BCUT2D eigenvalue weighted by atomic mass is 16.3. The average Bonchev–Trinajstić information content (AvgIpc) is 2.21. The second-order valence-electron chi connectivity index (χ2n) is 3.94. The number of aromatic hydroxyl groups is 2. The van der Waals surface area contributed by atoms with E-state index >= 15 is 0 Å². The minimum Gasteiger partial charge on any atom is -0.507 e. The zero-order valence-electron chi connectivity index (χ0n) is 9.36. The lowest BCUT2D eigenvalue weighted by molar-refractivity contribution is 0.468. The van der Waals surface area contributed by atoms with Crippen molar-refractivity contribution in [3.8, 4) is 22.6 Å². The van der Waals surface area contributed by atoms with Crippen LogP contribution in [-0.4, -0.2) is 10.2 Å². The topological polar surface area (TPSA) is 40.5 Å². The van der Waals surface area contributed by atoms with E-state index in [9.17, 15) is 10.2 Å². The van der Waals surface area contributed by atoms with E-state index in [-0.39, 0.29) is 11.5 Å². The van der Waals surface area contributed by atoms with Crippen LogP contribution in [0.1, 0.15) is 11.1 Å². The van der Waals surface area contributed by atoms with E-state index in [1.54, 1.807) is 24.3 Å². The Bertz CT molecular complexity index is 440. The molecule has 2 nitrogen and oxygen atoms in total. The van der Waals surface area contributed by atoms with Crippen LogP contribution in [0.3, 0.4) is 0 Å². The number of aryl methyl sites for hydroxylation is 2. The predicted molar refractivity (Wildman–Crippen MR) is 64.7 cm³/mol. The van der Waals surface area contributed by atoms with Crippen molar-refractivity contribution in [1.29, 1.82) is 0 Å². The summed E-state index contributed by atoms with van der Waals surface area (Å²) in [6, 6.07) is 10.7. The lowest BCUT2D eigenvalue weighted by Gasteiger charge is -2.12. The van der Waals surface area contributed by atoms with Crippen molar-refractivity contribution >= 4 is 0 Å². The van der Waals surface area contributed by atoms with Gasteiger partial charge in [-0.1, -0.05) is 24.3 Å². The van der Waals surface area contributed by atoms with Gasteiger partial charge in [0.05, 0.1) is 0 Å². The standard InChI is InChI=1S/C14H14O2/c1-9-5-3-7-11(15)13(9)14-10(2)6-4-8-12(14)16/h3-8,15-16H,1-2H3. The van der Waals surface area contributed by atoms with Crippen molar-refractivity contribution in [1.82, 2.24) is 0 Å². The molecule has 0 aliphatic carbocycles. The Kier molecular flexibility index (Phi) is 2.57. The maximum atomic E-state index is 9.88. The van der Waals surface area contributed by atoms with Crippen LogP contribution < -0.4 is 0 Å². The van der Waals surface area contributed by atoms with Crippen LogP contribution in [0.5, 0.6) is 11.5 Å². The van der Waals surface area contributed by atoms with Crippen molar-refractivity contribution in [2.24, 2.45) is 0 Å². The molecule has 0 unspecified atom stereocenters. The first-order valence-electron chi connectivity index (χ1n) is 5.19. The van der Waals surface area contributed by atoms with E-state index < -0.39 is 0 Å². The summed E-state index contributed by atoms with van der Waals surface area (Å²) >= 11 is 0. The van der Waals surface area contributed by atoms with Gasteiger partial charge in [-0.15, -0.1) is 0 Å². The molecule has 0 spiro atoms. The summed E-state index contributed by atoms with van der Waals surface area (Å²) in [6.45, 7) is 3.84. The molecule has 0 saturated heterocycles. The minimum atomic E-state index is 0.199. The van der Waals surface area contributed by atoms with Gasteiger partial charge in [0.1, 0.15) is 11.5 Å². The maximum absolute atomic E-state index is 9.88. The summed E-state index contributed by atoms with van der Waals surface area (Å²) in [7, 11) is 0. The molecule has 0 bridgehead atoms. The van der Waals surface area contributed by atoms with E-state index in [4.69, 9.17) is 0 Å². The summed E-state index contributed by atoms with van der Waals surface area (Å²) in [6.07, 6.45) is 0. The van der Waals surface area contributed by atoms with Gasteiger partial charge in [0.25, 0.3) is 0 Å². The molecule has 0 saturated carbocycles. The van der Waals surface area contributed by atoms with Crippen LogP contribution in [0.2, 0.25) is 0 Å². The van der Waals surface area contributed by atoms with Gasteiger partial charge in [0.15, 0.2) is 0 Å². The number of benzene rings is 2. The maximum Gasteiger partial charge on any atom is 0.123 e. The van der Waals surface area contributed by atoms with Crippen LogP contribution in [0.4, 0.5) is 0 Å². The molecule has 2 aromatic rings. The van der Waals surface area contributed by atoms with E-state index in [0.717, 1.165) is 11.1 Å². The quantitative estimate of drug-likeness (QED) is 0.764. The van der Waals surface area contributed by atoms with E-state index in [0.29, 0.717) is 11.1 Å². The molecule has 2 rings (SSSR count). The molecule has 0 heterocycles. The van der Waals surface area contributed by atoms with E-state index in [1.807, 2.05) is 26.0 Å². The molecule has 0 aromatic heterocycles. The normalized spacial score (nSPS) is 10.4. The molecule has 0 atom stereocenters. The smallest absolute Gasteiger partial charge is 0.123 e. The highest BCUT2D eigenvalue weighted by Gasteiger charge is 2.13. The monoisotopic (exact) mass is 214 g/mol. The fraction of sp³-hybridized carbons (Fsp3) is 0.143. The second kappa shape index (κ2) is 3.89. The van der Waals surface area contributed by atoms with Crippen LogP contribution in [0.25, 0.3) is 11.1 Å². The van der Waals surface area contributed by atoms with Crippen molar-refractivity contribution in [2.45, 2.75) is 13.8 Å². The van der Waals surface area contributed by atoms with E-state index in [1.165, 1.54) is 0 Å². The third-order valence-corrected chi connectivity index (χ3v) is 2.75. The van der Waals surface area contributed by atoms with Crippen molar-refractivity contribution in [2.75, 3.05) is 0 Å². The Morgan fingerprint density at radius 1 is 0.688 bits per heavy atom. The number of hydrogen-bond acceptors (Lipinski definition) is 2. The molecule has 2 aromatic carbocycles. The Morgan fingerprint density at radius 3 is 1.38 bits per heavy atom. The molecule has 0 fully saturated rings. The molecular formula is C14H14O2. The van der Waals surface area contributed by atoms with Gasteiger partial charge in [0, 0.05) is 11.1 Å². The lowest BCUT2D eigenvalue weighted by atomic mass is 9.95. The van der Waals surface area contributed by atoms with Gasteiger partial charge in [-0.05, 0) is 37.1 Å². The zero-order valence-corrected chi connectivity index (χ0v) is 9.36. The third-order valence-electron chi connectivity index (χ3n) is 2.75. The largest absolute Gasteiger partial charge is 0.507 e. The van der Waals surface area contributed by atoms with Crippen molar-refractivity contribution in [3.05, 3.63) is 47.5 Å². The Hall–Kier alpha value is -1.96. The van der Waals surface area contributed by atoms with Crippen LogP contribution in [-0.2, 0) is 0 Å². The number of phenols is 2. The van der Waals surface area contributed by atoms with Crippen molar-refractivity contribution < 1.29 is 10.2 Å². The number of phenolic OH excluding ortho intramolecular Hbond substituents is 2. The molecule has 0 aliphatic rings. The Labute approximate surface area is 94.8 Å². The van der Waals surface area contributed by atoms with Gasteiger partial charge >= 0.3 is 0 Å². The van der Waals surface area contributed by atoms with Gasteiger partial charge in [-0.3, -0.25) is 0 Å². The molecule has 0 amide bonds. The van der Waals surface area contributed by atoms with Crippen LogP contribution in [0, 0.1) is 13.8 Å². The summed E-state index contributed by atoms with van der Waals surface area (Å²) in [4.78, 5) is 0. The molecule has 2 heteroatoms. The van der Waals surface area contributed by atoms with Gasteiger partial charge < -0.3 is 10.2 Å². The summed E-state index contributed by atoms with van der Waals surface area (Å²) in [5.74, 6) is 0.397. The van der Waals surface area contributed by atoms with Crippen LogP contribution >= 0.6 is 0 Å². The molecule has 82 valence electrons. The first kappa shape index (κ1) is 10.6. The molecule has 0 radical (unpaired) electrons. The summed E-state index contributed by atoms with van der Waals surface area (Å²) in [5, 5.41) is 19.8. The molecule has 16 heavy (non-hydrogen) atoms. The van der Waals surface area contributed by atoms with Gasteiger partial charge in [0.2, 0.25) is 0 Å². The highest BCUT2D eigenvalue weighted by Crippen LogP contribution is 2.39. The second-order valence-corrected chi connectivity index (χ2v) is 3.94. The zero-order chi connectivity index (χ0) is 11.7. The molecule has 0 aliphatic heterocycles. The number of rotatable bonds is 1. The van der Waals surface area contributed by atoms with E-state index in [2.05, 4.69) is 0 Å². The molecular weight excluding hydrogens is 200 g/mol. The van der Waals surface area contributed by atoms with Crippen molar-refractivity contribution in [3.63, 3.8) is 0 Å². The first-order chi connectivity index (χ1) is 7.61. The SMILES string of the molecule is Cc1cccc(O)c1-c1c(C)cccc1O.